The van der Waals surface area contributed by atoms with E-state index in [2.05, 4.69) is 0 Å². The second-order valence-corrected chi connectivity index (χ2v) is 3.32. The minimum atomic E-state index is -4.57. The van der Waals surface area contributed by atoms with Gasteiger partial charge in [-0.2, -0.15) is 13.2 Å². The van der Waals surface area contributed by atoms with Crippen molar-refractivity contribution in [2.24, 2.45) is 0 Å². The van der Waals surface area contributed by atoms with Gasteiger partial charge in [-0.3, -0.25) is 0 Å². The Morgan fingerprint density at radius 3 is 2.14 bits per heavy atom. The van der Waals surface area contributed by atoms with Crippen LogP contribution in [0.1, 0.15) is 5.56 Å². The second-order valence-electron chi connectivity index (χ2n) is 2.89. The molecule has 0 fully saturated rings. The molecule has 0 spiro atoms. The van der Waals surface area contributed by atoms with Crippen LogP contribution in [0.2, 0.25) is 5.02 Å². The summed E-state index contributed by atoms with van der Waals surface area (Å²) < 4.78 is 35.8. The first kappa shape index (κ1) is 11.3. The standard InChI is InChI=1S/C9H8ClF3O/c10-7-3-1-6(2-4-7)5-8(14)9(11,12)13/h1-4,8,14H,5H2/t8-/m1/s1. The van der Waals surface area contributed by atoms with Crippen molar-refractivity contribution in [2.45, 2.75) is 18.7 Å². The molecular weight excluding hydrogens is 217 g/mol. The molecule has 1 rings (SSSR count). The van der Waals surface area contributed by atoms with Gasteiger partial charge in [0.2, 0.25) is 0 Å². The van der Waals surface area contributed by atoms with Crippen LogP contribution in [0.4, 0.5) is 13.2 Å². The number of halogens is 4. The Morgan fingerprint density at radius 2 is 1.71 bits per heavy atom. The maximum Gasteiger partial charge on any atom is 0.414 e. The van der Waals surface area contributed by atoms with Crippen LogP contribution in [0.3, 0.4) is 0 Å². The number of aliphatic hydroxyl groups excluding tert-OH is 1. The predicted octanol–water partition coefficient (Wildman–Crippen LogP) is 2.81. The third-order valence-electron chi connectivity index (χ3n) is 1.72. The summed E-state index contributed by atoms with van der Waals surface area (Å²) in [4.78, 5) is 0. The molecule has 14 heavy (non-hydrogen) atoms. The topological polar surface area (TPSA) is 20.2 Å². The molecule has 0 unspecified atom stereocenters. The molecule has 0 saturated heterocycles. The van der Waals surface area contributed by atoms with Crippen LogP contribution in [-0.4, -0.2) is 17.4 Å². The van der Waals surface area contributed by atoms with Gasteiger partial charge >= 0.3 is 6.18 Å². The first-order valence-electron chi connectivity index (χ1n) is 3.89. The van der Waals surface area contributed by atoms with E-state index in [1.165, 1.54) is 24.3 Å². The summed E-state index contributed by atoms with van der Waals surface area (Å²) in [6.07, 6.45) is -7.33. The molecule has 5 heteroatoms. The van der Waals surface area contributed by atoms with Crippen molar-refractivity contribution in [2.75, 3.05) is 0 Å². The lowest BCUT2D eigenvalue weighted by molar-refractivity contribution is -0.203. The first-order chi connectivity index (χ1) is 6.39. The largest absolute Gasteiger partial charge is 0.414 e. The zero-order valence-electron chi connectivity index (χ0n) is 7.05. The van der Waals surface area contributed by atoms with Crippen LogP contribution in [-0.2, 0) is 6.42 Å². The van der Waals surface area contributed by atoms with Gasteiger partial charge in [0, 0.05) is 11.4 Å². The smallest absolute Gasteiger partial charge is 0.383 e. The van der Waals surface area contributed by atoms with Gasteiger partial charge in [-0.1, -0.05) is 23.7 Å². The highest BCUT2D eigenvalue weighted by Crippen LogP contribution is 2.23. The van der Waals surface area contributed by atoms with Crippen molar-refractivity contribution in [3.63, 3.8) is 0 Å². The van der Waals surface area contributed by atoms with Gasteiger partial charge in [-0.25, -0.2) is 0 Å². The Balaban J connectivity index is 2.65. The van der Waals surface area contributed by atoms with Crippen LogP contribution < -0.4 is 0 Å². The molecule has 1 aromatic rings. The van der Waals surface area contributed by atoms with Crippen LogP contribution in [0, 0.1) is 0 Å². The Morgan fingerprint density at radius 1 is 1.21 bits per heavy atom. The van der Waals surface area contributed by atoms with Gasteiger partial charge in [0.25, 0.3) is 0 Å². The van der Waals surface area contributed by atoms with Crippen LogP contribution in [0.25, 0.3) is 0 Å². The summed E-state index contributed by atoms with van der Waals surface area (Å²) >= 11 is 5.55. The van der Waals surface area contributed by atoms with Gasteiger partial charge in [0.05, 0.1) is 0 Å². The highest BCUT2D eigenvalue weighted by Gasteiger charge is 2.37. The summed E-state index contributed by atoms with van der Waals surface area (Å²) in [5.41, 5.74) is 0.402. The molecule has 78 valence electrons. The van der Waals surface area contributed by atoms with Crippen molar-refractivity contribution in [1.82, 2.24) is 0 Å². The zero-order chi connectivity index (χ0) is 10.8. The van der Waals surface area contributed by atoms with E-state index in [0.717, 1.165) is 0 Å². The zero-order valence-corrected chi connectivity index (χ0v) is 7.81. The summed E-state index contributed by atoms with van der Waals surface area (Å²) in [6.45, 7) is 0. The Hall–Kier alpha value is -0.740. The third-order valence-corrected chi connectivity index (χ3v) is 1.97. The number of alkyl halides is 3. The molecule has 1 N–H and O–H groups in total. The minimum absolute atomic E-state index is 0.402. The van der Waals surface area contributed by atoms with E-state index < -0.39 is 18.7 Å². The van der Waals surface area contributed by atoms with Crippen LogP contribution >= 0.6 is 11.6 Å². The highest BCUT2D eigenvalue weighted by atomic mass is 35.5. The number of hydrogen-bond acceptors (Lipinski definition) is 1. The molecule has 0 heterocycles. The van der Waals surface area contributed by atoms with E-state index in [4.69, 9.17) is 16.7 Å². The lowest BCUT2D eigenvalue weighted by Crippen LogP contribution is -2.30. The Kier molecular flexibility index (Phi) is 3.39. The second kappa shape index (κ2) is 4.19. The van der Waals surface area contributed by atoms with Crippen molar-refractivity contribution < 1.29 is 18.3 Å². The number of hydrogen-bond donors (Lipinski definition) is 1. The fourth-order valence-electron chi connectivity index (χ4n) is 0.959. The van der Waals surface area contributed by atoms with E-state index in [1.54, 1.807) is 0 Å². The van der Waals surface area contributed by atoms with Crippen LogP contribution in [0.5, 0.6) is 0 Å². The fraction of sp³-hybridized carbons (Fsp3) is 0.333. The lowest BCUT2D eigenvalue weighted by Gasteiger charge is -2.14. The molecular formula is C9H8ClF3O. The maximum atomic E-state index is 11.9. The molecule has 0 radical (unpaired) electrons. The summed E-state index contributed by atoms with van der Waals surface area (Å²) in [6, 6.07) is 5.88. The lowest BCUT2D eigenvalue weighted by atomic mass is 10.1. The number of benzene rings is 1. The van der Waals surface area contributed by atoms with Crippen molar-refractivity contribution in [3.8, 4) is 0 Å². The van der Waals surface area contributed by atoms with Gasteiger partial charge in [0.15, 0.2) is 6.10 Å². The quantitative estimate of drug-likeness (QED) is 0.819. The molecule has 1 nitrogen and oxygen atoms in total. The monoisotopic (exact) mass is 224 g/mol. The first-order valence-corrected chi connectivity index (χ1v) is 4.26. The van der Waals surface area contributed by atoms with Gasteiger partial charge in [0.1, 0.15) is 0 Å². The van der Waals surface area contributed by atoms with E-state index in [9.17, 15) is 13.2 Å². The molecule has 1 aromatic carbocycles. The normalized spacial score (nSPS) is 14.1. The van der Waals surface area contributed by atoms with E-state index in [1.807, 2.05) is 0 Å². The van der Waals surface area contributed by atoms with Gasteiger partial charge in [-0.05, 0) is 17.7 Å². The van der Waals surface area contributed by atoms with E-state index in [-0.39, 0.29) is 0 Å². The van der Waals surface area contributed by atoms with Gasteiger partial charge < -0.3 is 5.11 Å². The molecule has 0 aliphatic rings. The van der Waals surface area contributed by atoms with E-state index >= 15 is 0 Å². The fourth-order valence-corrected chi connectivity index (χ4v) is 1.09. The molecule has 0 aliphatic heterocycles. The predicted molar refractivity (Wildman–Crippen MR) is 47.2 cm³/mol. The van der Waals surface area contributed by atoms with E-state index in [0.29, 0.717) is 10.6 Å². The minimum Gasteiger partial charge on any atom is -0.383 e. The third kappa shape index (κ3) is 3.20. The Labute approximate surface area is 84.1 Å². The molecule has 1 atom stereocenters. The van der Waals surface area contributed by atoms with Crippen LogP contribution in [0.15, 0.2) is 24.3 Å². The molecule has 0 aliphatic carbocycles. The molecule has 0 bridgehead atoms. The average Bonchev–Trinajstić information content (AvgIpc) is 2.07. The highest BCUT2D eigenvalue weighted by molar-refractivity contribution is 6.30. The summed E-state index contributed by atoms with van der Waals surface area (Å²) in [5.74, 6) is 0. The molecule has 0 aromatic heterocycles. The number of rotatable bonds is 2. The van der Waals surface area contributed by atoms with Gasteiger partial charge in [-0.15, -0.1) is 0 Å². The Bertz CT molecular complexity index is 294. The SMILES string of the molecule is O[C@H](Cc1ccc(Cl)cc1)C(F)(F)F. The maximum absolute atomic E-state index is 11.9. The summed E-state index contributed by atoms with van der Waals surface area (Å²) in [7, 11) is 0. The van der Waals surface area contributed by atoms with Crippen molar-refractivity contribution in [3.05, 3.63) is 34.9 Å². The molecule has 0 saturated carbocycles. The number of aliphatic hydroxyl groups is 1. The summed E-state index contributed by atoms with van der Waals surface area (Å²) in [5, 5.41) is 9.20. The van der Waals surface area contributed by atoms with Crippen molar-refractivity contribution in [1.29, 1.82) is 0 Å². The van der Waals surface area contributed by atoms with Crippen molar-refractivity contribution >= 4 is 11.6 Å². The molecule has 0 amide bonds. The average molecular weight is 225 g/mol.